The number of aryl methyl sites for hydroxylation is 1. The number of allylic oxidation sites excluding steroid dienone is 1. The van der Waals surface area contributed by atoms with Gasteiger partial charge in [-0.05, 0) is 97.2 Å². The highest BCUT2D eigenvalue weighted by Gasteiger charge is 2.49. The van der Waals surface area contributed by atoms with Gasteiger partial charge in [-0.3, -0.25) is 14.6 Å². The van der Waals surface area contributed by atoms with Crippen molar-refractivity contribution in [2.45, 2.75) is 63.0 Å². The van der Waals surface area contributed by atoms with Crippen LogP contribution in [0.3, 0.4) is 0 Å². The number of benzene rings is 2. The van der Waals surface area contributed by atoms with E-state index in [1.165, 1.54) is 11.1 Å². The second-order valence-corrected chi connectivity index (χ2v) is 18.8. The van der Waals surface area contributed by atoms with Crippen molar-refractivity contribution in [3.05, 3.63) is 70.3 Å². The number of hydrogen-bond acceptors (Lipinski definition) is 9. The van der Waals surface area contributed by atoms with Gasteiger partial charge in [0, 0.05) is 67.9 Å². The molecule has 2 aromatic carbocycles. The molecule has 1 saturated carbocycles. The second-order valence-electron chi connectivity index (χ2n) is 16.6. The molecule has 52 heavy (non-hydrogen) atoms. The topological polar surface area (TPSA) is 112 Å². The molecule has 0 unspecified atom stereocenters. The van der Waals surface area contributed by atoms with Crippen molar-refractivity contribution in [1.82, 2.24) is 14.5 Å². The Kier molecular flexibility index (Phi) is 9.91. The van der Waals surface area contributed by atoms with Gasteiger partial charge in [-0.15, -0.1) is 0 Å². The van der Waals surface area contributed by atoms with Crippen molar-refractivity contribution in [3.8, 4) is 5.75 Å². The molecule has 2 bridgehead atoms. The summed E-state index contributed by atoms with van der Waals surface area (Å²) in [6.07, 6.45) is 8.83. The zero-order chi connectivity index (χ0) is 36.3. The van der Waals surface area contributed by atoms with Crippen LogP contribution in [0.2, 0.25) is 5.02 Å². The van der Waals surface area contributed by atoms with Gasteiger partial charge >= 0.3 is 0 Å². The summed E-state index contributed by atoms with van der Waals surface area (Å²) in [6, 6.07) is 11.8. The molecule has 1 spiro atoms. The Hall–Kier alpha value is -2.67. The first-order valence-electron chi connectivity index (χ1n) is 19.2. The van der Waals surface area contributed by atoms with Gasteiger partial charge in [-0.2, -0.15) is 0 Å². The number of carbonyl (C=O) groups is 1. The number of nitrogens with zero attached hydrogens (tertiary/aromatic N) is 3. The Balaban J connectivity index is 1.17. The molecule has 4 aliphatic heterocycles. The average Bonchev–Trinajstić information content (AvgIpc) is 3.24. The third kappa shape index (κ3) is 7.13. The number of aliphatic hydroxyl groups is 1. The standard InChI is InChI=1S/C40H53ClN4O6S/c1-27-11-13-40(47,25-43-14-15-44-16-17-50-22-33(44)21-43)35-8-5-31(35)20-45-24-39(12-3-4-29-18-32(41)7-9-34(29)39)26-51-37-10-6-30(19-36(37)45)38(46)42-52(48,49)23-28(27)2/h6-7,9-11,13,18-19,27-28,31,33,35,47H,3-5,8,12,14-17,20-26H2,1-2H3,(H,42,46)/b13-11+/t27-,28+,31-,33-,35+,39-,40+/m0/s1. The summed E-state index contributed by atoms with van der Waals surface area (Å²) in [5.41, 5.74) is 2.18. The Morgan fingerprint density at radius 1 is 1.08 bits per heavy atom. The molecule has 7 atom stereocenters. The maximum Gasteiger partial charge on any atom is 0.264 e. The van der Waals surface area contributed by atoms with Crippen LogP contribution in [0.5, 0.6) is 5.75 Å². The van der Waals surface area contributed by atoms with Crippen molar-refractivity contribution in [2.24, 2.45) is 23.7 Å². The second kappa shape index (κ2) is 14.2. The molecule has 2 aliphatic carbocycles. The smallest absolute Gasteiger partial charge is 0.264 e. The summed E-state index contributed by atoms with van der Waals surface area (Å²) in [6.45, 7) is 11.4. The third-order valence-electron chi connectivity index (χ3n) is 13.1. The molecule has 1 amide bonds. The molecule has 2 saturated heterocycles. The number of β-amino-alcohol motifs (C(OH)–C–C–N with tert-alkyl or cyclic N) is 1. The summed E-state index contributed by atoms with van der Waals surface area (Å²) in [7, 11) is -3.94. The van der Waals surface area contributed by atoms with Crippen LogP contribution in [0.4, 0.5) is 5.69 Å². The fourth-order valence-corrected chi connectivity index (χ4v) is 11.5. The Bertz CT molecular complexity index is 1820. The fraction of sp³-hybridized carbons (Fsp3) is 0.625. The first kappa shape index (κ1) is 36.3. The number of carbonyl (C=O) groups excluding carboxylic acids is 1. The number of piperazine rings is 1. The number of sulfonamides is 1. The van der Waals surface area contributed by atoms with Gasteiger partial charge in [0.2, 0.25) is 10.0 Å². The van der Waals surface area contributed by atoms with E-state index in [0.717, 1.165) is 75.6 Å². The molecule has 8 rings (SSSR count). The van der Waals surface area contributed by atoms with Crippen LogP contribution in [0.1, 0.15) is 61.0 Å². The number of fused-ring (bicyclic) bond motifs is 5. The Morgan fingerprint density at radius 3 is 2.77 bits per heavy atom. The van der Waals surface area contributed by atoms with Crippen LogP contribution < -0.4 is 14.4 Å². The van der Waals surface area contributed by atoms with Gasteiger partial charge in [0.1, 0.15) is 5.75 Å². The lowest BCUT2D eigenvalue weighted by atomic mass is 9.63. The van der Waals surface area contributed by atoms with Crippen LogP contribution >= 0.6 is 11.6 Å². The van der Waals surface area contributed by atoms with Gasteiger partial charge in [-0.25, -0.2) is 13.1 Å². The number of morpholine rings is 1. The maximum absolute atomic E-state index is 13.5. The molecule has 6 aliphatic rings. The lowest BCUT2D eigenvalue weighted by molar-refractivity contribution is -0.0903. The SMILES string of the molecule is C[C@@H]1CS(=O)(=O)NC(=O)c2ccc3c(c2)N(C[C@@H]2CC[C@H]2[C@](O)(CN2CCN4CCOC[C@@H]4C2)/C=C/[C@@H]1C)C[C@@]1(CCCc2cc(Cl)ccc21)CO3. The van der Waals surface area contributed by atoms with E-state index in [1.54, 1.807) is 12.1 Å². The average molecular weight is 753 g/mol. The fourth-order valence-electron chi connectivity index (χ4n) is 9.84. The largest absolute Gasteiger partial charge is 0.490 e. The van der Waals surface area contributed by atoms with Crippen molar-refractivity contribution < 1.29 is 27.8 Å². The van der Waals surface area contributed by atoms with E-state index in [2.05, 4.69) is 31.6 Å². The summed E-state index contributed by atoms with van der Waals surface area (Å²) in [5.74, 6) is -0.369. The number of ether oxygens (including phenoxy) is 2. The van der Waals surface area contributed by atoms with Gasteiger partial charge in [0.25, 0.3) is 5.91 Å². The molecule has 282 valence electrons. The number of anilines is 1. The predicted octanol–water partition coefficient (Wildman–Crippen LogP) is 4.49. The lowest BCUT2D eigenvalue weighted by Crippen LogP contribution is -2.62. The predicted molar refractivity (Wildman–Crippen MR) is 203 cm³/mol. The molecule has 0 aromatic heterocycles. The van der Waals surface area contributed by atoms with E-state index >= 15 is 0 Å². The highest BCUT2D eigenvalue weighted by Crippen LogP contribution is 2.48. The first-order chi connectivity index (χ1) is 24.9. The minimum atomic E-state index is -3.94. The summed E-state index contributed by atoms with van der Waals surface area (Å²) < 4.78 is 41.6. The summed E-state index contributed by atoms with van der Waals surface area (Å²) in [4.78, 5) is 20.8. The first-order valence-corrected chi connectivity index (χ1v) is 21.2. The molecule has 4 heterocycles. The molecule has 10 nitrogen and oxygen atoms in total. The van der Waals surface area contributed by atoms with Crippen molar-refractivity contribution in [3.63, 3.8) is 0 Å². The molecule has 3 fully saturated rings. The molecular formula is C40H53ClN4O6S. The van der Waals surface area contributed by atoms with Gasteiger partial charge in [-0.1, -0.05) is 43.7 Å². The summed E-state index contributed by atoms with van der Waals surface area (Å²) >= 11 is 6.48. The normalized spacial score (nSPS) is 35.9. The number of hydrogen-bond donors (Lipinski definition) is 2. The zero-order valence-corrected chi connectivity index (χ0v) is 32.0. The zero-order valence-electron chi connectivity index (χ0n) is 30.4. The number of amides is 1. The van der Waals surface area contributed by atoms with E-state index < -0.39 is 21.5 Å². The summed E-state index contributed by atoms with van der Waals surface area (Å²) in [5, 5.41) is 13.6. The third-order valence-corrected chi connectivity index (χ3v) is 14.8. The Labute approximate surface area is 313 Å². The van der Waals surface area contributed by atoms with Crippen LogP contribution in [0.15, 0.2) is 48.6 Å². The van der Waals surface area contributed by atoms with Crippen molar-refractivity contribution >= 4 is 33.2 Å². The molecule has 0 radical (unpaired) electrons. The maximum atomic E-state index is 13.5. The van der Waals surface area contributed by atoms with Crippen molar-refractivity contribution in [1.29, 1.82) is 0 Å². The number of rotatable bonds is 2. The van der Waals surface area contributed by atoms with Crippen molar-refractivity contribution in [2.75, 3.05) is 76.3 Å². The van der Waals surface area contributed by atoms with Crippen LogP contribution in [0, 0.1) is 23.7 Å². The van der Waals surface area contributed by atoms with E-state index in [9.17, 15) is 18.3 Å². The highest BCUT2D eigenvalue weighted by molar-refractivity contribution is 7.90. The minimum Gasteiger partial charge on any atom is -0.490 e. The molecule has 2 N–H and O–H groups in total. The van der Waals surface area contributed by atoms with E-state index in [4.69, 9.17) is 21.1 Å². The monoisotopic (exact) mass is 752 g/mol. The van der Waals surface area contributed by atoms with E-state index in [0.29, 0.717) is 44.6 Å². The van der Waals surface area contributed by atoms with Crippen LogP contribution in [-0.2, 0) is 26.6 Å². The number of halogens is 1. The van der Waals surface area contributed by atoms with Crippen LogP contribution in [0.25, 0.3) is 0 Å². The minimum absolute atomic E-state index is 0.0102. The Morgan fingerprint density at radius 2 is 1.94 bits per heavy atom. The van der Waals surface area contributed by atoms with Crippen LogP contribution in [-0.4, -0.2) is 112 Å². The molecule has 2 aromatic rings. The molecule has 12 heteroatoms. The van der Waals surface area contributed by atoms with Gasteiger partial charge in [0.05, 0.1) is 36.9 Å². The number of nitrogens with one attached hydrogen (secondary N) is 1. The van der Waals surface area contributed by atoms with E-state index in [1.807, 2.05) is 38.1 Å². The highest BCUT2D eigenvalue weighted by atomic mass is 35.5. The molecular weight excluding hydrogens is 700 g/mol. The quantitative estimate of drug-likeness (QED) is 0.429. The lowest BCUT2D eigenvalue weighted by Gasteiger charge is -2.52. The van der Waals surface area contributed by atoms with Gasteiger partial charge < -0.3 is 19.5 Å². The van der Waals surface area contributed by atoms with Gasteiger partial charge in [0.15, 0.2) is 0 Å². The van der Waals surface area contributed by atoms with E-state index in [-0.39, 0.29) is 40.4 Å².